The van der Waals surface area contributed by atoms with Gasteiger partial charge in [0.2, 0.25) is 11.8 Å². The maximum Gasteiger partial charge on any atom is 0.408 e. The van der Waals surface area contributed by atoms with Gasteiger partial charge >= 0.3 is 6.09 Å². The quantitative estimate of drug-likeness (QED) is 0.498. The number of aldehydes is 1. The number of benzene rings is 1. The fourth-order valence-corrected chi connectivity index (χ4v) is 7.45. The summed E-state index contributed by atoms with van der Waals surface area (Å²) >= 11 is 0. The van der Waals surface area contributed by atoms with E-state index in [-0.39, 0.29) is 24.5 Å². The molecule has 4 aliphatic rings. The number of aromatic nitrogens is 2. The SMILES string of the molecule is COc1ccc2nc3c(nc2c1)O[C@H]1CN(C(=O)[C@H](C(C)(C)C)NC(=O)O[C@@H]2CC4CC4[C@H]2CCCCC3)[C@H](C=O)[C@@H]1C. The molecule has 2 aromatic rings. The van der Waals surface area contributed by atoms with Gasteiger partial charge in [-0.1, -0.05) is 40.5 Å². The fourth-order valence-electron chi connectivity index (χ4n) is 7.45. The van der Waals surface area contributed by atoms with Crippen LogP contribution in [-0.4, -0.2) is 71.1 Å². The number of methoxy groups -OCH3 is 1. The zero-order valence-electron chi connectivity index (χ0n) is 25.9. The van der Waals surface area contributed by atoms with Gasteiger partial charge in [-0.3, -0.25) is 4.79 Å². The van der Waals surface area contributed by atoms with E-state index in [1.165, 1.54) is 6.42 Å². The molecule has 1 N–H and O–H groups in total. The average Bonchev–Trinajstić information content (AvgIpc) is 3.55. The van der Waals surface area contributed by atoms with Gasteiger partial charge in [0.1, 0.15) is 36.0 Å². The Kier molecular flexibility index (Phi) is 7.98. The zero-order chi connectivity index (χ0) is 30.5. The van der Waals surface area contributed by atoms with E-state index in [2.05, 4.69) is 5.32 Å². The Hall–Kier alpha value is -3.43. The van der Waals surface area contributed by atoms with Gasteiger partial charge in [0.25, 0.3) is 0 Å². The van der Waals surface area contributed by atoms with Crippen LogP contribution in [0.2, 0.25) is 0 Å². The number of nitrogens with one attached hydrogen (secondary N) is 1. The number of aryl methyl sites for hydroxylation is 1. The number of carbonyl (C=O) groups is 3. The minimum absolute atomic E-state index is 0.124. The molecule has 1 aromatic carbocycles. The third-order valence-corrected chi connectivity index (χ3v) is 10.1. The Morgan fingerprint density at radius 2 is 1.84 bits per heavy atom. The number of hydrogen-bond acceptors (Lipinski definition) is 8. The number of carbonyl (C=O) groups excluding carboxylic acids is 3. The number of hydrogen-bond donors (Lipinski definition) is 1. The van der Waals surface area contributed by atoms with Gasteiger partial charge < -0.3 is 29.2 Å². The molecular weight excluding hydrogens is 548 g/mol. The van der Waals surface area contributed by atoms with E-state index in [0.717, 1.165) is 49.6 Å². The van der Waals surface area contributed by atoms with Crippen molar-refractivity contribution in [2.75, 3.05) is 13.7 Å². The molecule has 0 spiro atoms. The van der Waals surface area contributed by atoms with E-state index in [9.17, 15) is 14.4 Å². The first-order valence-corrected chi connectivity index (χ1v) is 15.8. The highest BCUT2D eigenvalue weighted by Crippen LogP contribution is 2.57. The molecule has 43 heavy (non-hydrogen) atoms. The van der Waals surface area contributed by atoms with Crippen molar-refractivity contribution < 1.29 is 28.6 Å². The molecule has 1 saturated heterocycles. The van der Waals surface area contributed by atoms with Crippen LogP contribution < -0.4 is 14.8 Å². The van der Waals surface area contributed by atoms with Gasteiger partial charge in [-0.2, -0.15) is 0 Å². The van der Waals surface area contributed by atoms with Crippen molar-refractivity contribution in [2.24, 2.45) is 29.1 Å². The Labute approximate surface area is 253 Å². The van der Waals surface area contributed by atoms with Gasteiger partial charge in [-0.05, 0) is 67.4 Å². The highest BCUT2D eigenvalue weighted by molar-refractivity contribution is 5.89. The Morgan fingerprint density at radius 3 is 2.58 bits per heavy atom. The van der Waals surface area contributed by atoms with Gasteiger partial charge in [0, 0.05) is 12.0 Å². The molecule has 2 amide bonds. The smallest absolute Gasteiger partial charge is 0.408 e. The van der Waals surface area contributed by atoms with Crippen molar-refractivity contribution in [3.63, 3.8) is 0 Å². The standard InChI is InChI=1S/C33H44N4O6/c1-18-26(17-38)37-16-28(18)42-30-24(34-23-12-11-20(41-5)15-25(23)35-30)10-8-6-7-9-21-22-13-19(22)14-27(21)43-32(40)36-29(31(37)39)33(2,3)4/h11-12,15,17-19,21-22,26-29H,6-10,13-14,16H2,1-5H3,(H,36,40)/t18-,19?,21+,22?,26+,27+,28-,29+/m0/s1. The molecule has 3 fully saturated rings. The van der Waals surface area contributed by atoms with Crippen LogP contribution in [0.3, 0.4) is 0 Å². The van der Waals surface area contributed by atoms with Crippen LogP contribution in [0, 0.1) is 29.1 Å². The maximum atomic E-state index is 14.1. The summed E-state index contributed by atoms with van der Waals surface area (Å²) in [7, 11) is 1.61. The number of amides is 2. The molecule has 2 unspecified atom stereocenters. The number of alkyl carbamates (subject to hydrolysis) is 1. The molecule has 1 aromatic heterocycles. The van der Waals surface area contributed by atoms with Gasteiger partial charge in [-0.25, -0.2) is 14.8 Å². The molecule has 10 nitrogen and oxygen atoms in total. The highest BCUT2D eigenvalue weighted by Gasteiger charge is 2.54. The van der Waals surface area contributed by atoms with E-state index in [1.54, 1.807) is 12.0 Å². The lowest BCUT2D eigenvalue weighted by Crippen LogP contribution is -2.56. The lowest BCUT2D eigenvalue weighted by Gasteiger charge is -2.35. The van der Waals surface area contributed by atoms with Crippen LogP contribution >= 0.6 is 0 Å². The number of nitrogens with zero attached hydrogens (tertiary/aromatic N) is 3. The largest absolute Gasteiger partial charge is 0.497 e. The lowest BCUT2D eigenvalue weighted by molar-refractivity contribution is -0.139. The van der Waals surface area contributed by atoms with Crippen LogP contribution in [0.25, 0.3) is 11.0 Å². The molecular formula is C33H44N4O6. The van der Waals surface area contributed by atoms with Crippen molar-refractivity contribution in [1.29, 1.82) is 0 Å². The Morgan fingerprint density at radius 1 is 1.02 bits per heavy atom. The fraction of sp³-hybridized carbons (Fsp3) is 0.667. The van der Waals surface area contributed by atoms with Crippen molar-refractivity contribution in [1.82, 2.24) is 20.2 Å². The summed E-state index contributed by atoms with van der Waals surface area (Å²) in [6.07, 6.45) is 6.47. The second-order valence-electron chi connectivity index (χ2n) is 14.0. The summed E-state index contributed by atoms with van der Waals surface area (Å²) < 4.78 is 18.0. The van der Waals surface area contributed by atoms with Crippen molar-refractivity contribution in [3.05, 3.63) is 23.9 Å². The molecule has 3 heterocycles. The molecule has 6 rings (SSSR count). The average molecular weight is 593 g/mol. The van der Waals surface area contributed by atoms with E-state index in [4.69, 9.17) is 24.2 Å². The van der Waals surface area contributed by atoms with E-state index in [0.29, 0.717) is 41.3 Å². The van der Waals surface area contributed by atoms with Crippen molar-refractivity contribution in [2.45, 2.75) is 96.9 Å². The predicted octanol–water partition coefficient (Wildman–Crippen LogP) is 4.71. The first-order valence-electron chi connectivity index (χ1n) is 15.8. The monoisotopic (exact) mass is 592 g/mol. The molecule has 2 saturated carbocycles. The summed E-state index contributed by atoms with van der Waals surface area (Å²) in [5.74, 6) is 2.12. The lowest BCUT2D eigenvalue weighted by atomic mass is 9.85. The molecule has 0 radical (unpaired) electrons. The number of ether oxygens (including phenoxy) is 3. The molecule has 8 atom stereocenters. The third-order valence-electron chi connectivity index (χ3n) is 10.1. The van der Waals surface area contributed by atoms with Gasteiger partial charge in [0.15, 0.2) is 0 Å². The summed E-state index contributed by atoms with van der Waals surface area (Å²) in [6.45, 7) is 7.83. The van der Waals surface area contributed by atoms with Crippen LogP contribution in [-0.2, 0) is 20.7 Å². The summed E-state index contributed by atoms with van der Waals surface area (Å²) in [5.41, 5.74) is 1.59. The number of fused-ring (bicyclic) bond motifs is 7. The van der Waals surface area contributed by atoms with E-state index >= 15 is 0 Å². The summed E-state index contributed by atoms with van der Waals surface area (Å²) in [4.78, 5) is 51.1. The number of rotatable bonds is 2. The highest BCUT2D eigenvalue weighted by atomic mass is 16.6. The second-order valence-corrected chi connectivity index (χ2v) is 14.0. The van der Waals surface area contributed by atoms with Crippen LogP contribution in [0.4, 0.5) is 4.79 Å². The first kappa shape index (κ1) is 29.6. The van der Waals surface area contributed by atoms with E-state index < -0.39 is 29.7 Å². The van der Waals surface area contributed by atoms with Crippen LogP contribution in [0.15, 0.2) is 18.2 Å². The molecule has 2 aliphatic heterocycles. The molecule has 10 heteroatoms. The van der Waals surface area contributed by atoms with Crippen LogP contribution in [0.1, 0.15) is 71.9 Å². The molecule has 232 valence electrons. The second kappa shape index (κ2) is 11.6. The summed E-state index contributed by atoms with van der Waals surface area (Å²) in [6, 6.07) is 4.04. The minimum Gasteiger partial charge on any atom is -0.497 e. The third kappa shape index (κ3) is 5.89. The predicted molar refractivity (Wildman–Crippen MR) is 160 cm³/mol. The van der Waals surface area contributed by atoms with Gasteiger partial charge in [0.05, 0.1) is 30.7 Å². The minimum atomic E-state index is -0.870. The summed E-state index contributed by atoms with van der Waals surface area (Å²) in [5, 5.41) is 2.90. The Balaban J connectivity index is 1.34. The normalized spacial score (nSPS) is 33.2. The molecule has 2 aliphatic carbocycles. The molecule has 2 bridgehead atoms. The maximum absolute atomic E-state index is 14.1. The topological polar surface area (TPSA) is 120 Å². The van der Waals surface area contributed by atoms with E-state index in [1.807, 2.05) is 45.9 Å². The Bertz CT molecular complexity index is 1390. The first-order chi connectivity index (χ1) is 20.6. The van der Waals surface area contributed by atoms with Crippen molar-refractivity contribution in [3.8, 4) is 11.6 Å². The zero-order valence-corrected chi connectivity index (χ0v) is 25.9. The van der Waals surface area contributed by atoms with Gasteiger partial charge in [-0.15, -0.1) is 0 Å². The van der Waals surface area contributed by atoms with Crippen molar-refractivity contribution >= 4 is 29.3 Å². The van der Waals surface area contributed by atoms with Crippen LogP contribution in [0.5, 0.6) is 11.6 Å².